The number of aliphatic hydroxyl groups is 1. The molecule has 1 aromatic carbocycles. The molecule has 0 saturated carbocycles. The highest BCUT2D eigenvalue weighted by atomic mass is 19.1. The van der Waals surface area contributed by atoms with E-state index in [1.807, 2.05) is 13.8 Å². The summed E-state index contributed by atoms with van der Waals surface area (Å²) >= 11 is 0. The second kappa shape index (κ2) is 7.69. The molecule has 0 radical (unpaired) electrons. The van der Waals surface area contributed by atoms with Crippen molar-refractivity contribution in [3.05, 3.63) is 41.7 Å². The fourth-order valence-electron chi connectivity index (χ4n) is 1.78. The molecule has 0 aliphatic carbocycles. The van der Waals surface area contributed by atoms with Crippen LogP contribution in [0.5, 0.6) is 0 Å². The highest BCUT2D eigenvalue weighted by Gasteiger charge is 2.11. The van der Waals surface area contributed by atoms with Gasteiger partial charge in [0.2, 0.25) is 5.91 Å². The van der Waals surface area contributed by atoms with Gasteiger partial charge in [-0.2, -0.15) is 0 Å². The molecule has 3 nitrogen and oxygen atoms in total. The molecule has 1 amide bonds. The van der Waals surface area contributed by atoms with Crippen molar-refractivity contribution in [2.45, 2.75) is 26.3 Å². The second-order valence-electron chi connectivity index (χ2n) is 4.91. The summed E-state index contributed by atoms with van der Waals surface area (Å²) in [7, 11) is 0. The minimum absolute atomic E-state index is 0.0856. The molecule has 0 aliphatic heterocycles. The van der Waals surface area contributed by atoms with Gasteiger partial charge >= 0.3 is 0 Å². The van der Waals surface area contributed by atoms with Gasteiger partial charge in [-0.15, -0.1) is 0 Å². The van der Waals surface area contributed by atoms with Crippen LogP contribution in [0, 0.1) is 11.7 Å². The van der Waals surface area contributed by atoms with Gasteiger partial charge in [0.05, 0.1) is 12.6 Å². The molecule has 1 aromatic rings. The summed E-state index contributed by atoms with van der Waals surface area (Å²) in [5.74, 6) is -0.232. The number of carbonyl (C=O) groups is 1. The molecule has 0 spiro atoms. The molecule has 0 heterocycles. The van der Waals surface area contributed by atoms with Crippen LogP contribution in [-0.2, 0) is 4.79 Å². The minimum atomic E-state index is -0.337. The fraction of sp³-hybridized carbons (Fsp3) is 0.400. The van der Waals surface area contributed by atoms with Crippen LogP contribution in [-0.4, -0.2) is 23.7 Å². The molecule has 0 bridgehead atoms. The van der Waals surface area contributed by atoms with Gasteiger partial charge in [-0.3, -0.25) is 4.79 Å². The normalized spacial score (nSPS) is 12.9. The number of hydrogen-bond donors (Lipinski definition) is 2. The largest absolute Gasteiger partial charge is 0.394 e. The fourth-order valence-corrected chi connectivity index (χ4v) is 1.78. The van der Waals surface area contributed by atoms with Crippen LogP contribution in [0.1, 0.15) is 25.8 Å². The van der Waals surface area contributed by atoms with Crippen molar-refractivity contribution < 1.29 is 14.3 Å². The third-order valence-corrected chi connectivity index (χ3v) is 2.60. The van der Waals surface area contributed by atoms with Crippen molar-refractivity contribution in [1.29, 1.82) is 0 Å². The van der Waals surface area contributed by atoms with Gasteiger partial charge in [-0.25, -0.2) is 4.39 Å². The molecule has 104 valence electrons. The van der Waals surface area contributed by atoms with E-state index in [4.69, 9.17) is 5.11 Å². The lowest BCUT2D eigenvalue weighted by Crippen LogP contribution is -2.37. The van der Waals surface area contributed by atoms with E-state index in [2.05, 4.69) is 5.32 Å². The first-order chi connectivity index (χ1) is 9.01. The number of aliphatic hydroxyl groups excluding tert-OH is 1. The first kappa shape index (κ1) is 15.4. The number of hydrogen-bond acceptors (Lipinski definition) is 2. The van der Waals surface area contributed by atoms with Crippen molar-refractivity contribution in [3.8, 4) is 0 Å². The highest BCUT2D eigenvalue weighted by Crippen LogP contribution is 2.06. The van der Waals surface area contributed by atoms with E-state index in [1.54, 1.807) is 18.2 Å². The lowest BCUT2D eigenvalue weighted by molar-refractivity contribution is -0.117. The second-order valence-corrected chi connectivity index (χ2v) is 4.91. The number of amides is 1. The van der Waals surface area contributed by atoms with E-state index in [9.17, 15) is 9.18 Å². The minimum Gasteiger partial charge on any atom is -0.394 e. The highest BCUT2D eigenvalue weighted by molar-refractivity contribution is 5.91. The summed E-state index contributed by atoms with van der Waals surface area (Å²) < 4.78 is 12.9. The molecular formula is C15H20FNO2. The lowest BCUT2D eigenvalue weighted by Gasteiger charge is -2.17. The third-order valence-electron chi connectivity index (χ3n) is 2.60. The average Bonchev–Trinajstić information content (AvgIpc) is 2.35. The summed E-state index contributed by atoms with van der Waals surface area (Å²) in [4.78, 5) is 11.6. The van der Waals surface area contributed by atoms with Gasteiger partial charge in [0.15, 0.2) is 0 Å². The maximum Gasteiger partial charge on any atom is 0.244 e. The quantitative estimate of drug-likeness (QED) is 0.776. The van der Waals surface area contributed by atoms with E-state index < -0.39 is 0 Å². The molecule has 4 heteroatoms. The number of carbonyl (C=O) groups excluding carboxylic acids is 1. The monoisotopic (exact) mass is 265 g/mol. The van der Waals surface area contributed by atoms with Crippen molar-refractivity contribution in [3.63, 3.8) is 0 Å². The molecule has 1 unspecified atom stereocenters. The van der Waals surface area contributed by atoms with Gasteiger partial charge in [0.25, 0.3) is 0 Å². The summed E-state index contributed by atoms with van der Waals surface area (Å²) in [5.41, 5.74) is 0.625. The van der Waals surface area contributed by atoms with Gasteiger partial charge < -0.3 is 10.4 Å². The molecule has 1 atom stereocenters. The first-order valence-electron chi connectivity index (χ1n) is 6.36. The molecule has 0 saturated heterocycles. The lowest BCUT2D eigenvalue weighted by atomic mass is 10.0. The first-order valence-corrected chi connectivity index (χ1v) is 6.36. The summed E-state index contributed by atoms with van der Waals surface area (Å²) in [6.45, 7) is 3.96. The number of rotatable bonds is 6. The molecule has 0 aromatic heterocycles. The van der Waals surface area contributed by atoms with Crippen LogP contribution in [0.2, 0.25) is 0 Å². The summed E-state index contributed by atoms with van der Waals surface area (Å²) in [6.07, 6.45) is 3.61. The zero-order chi connectivity index (χ0) is 14.3. The van der Waals surface area contributed by atoms with Gasteiger partial charge in [-0.1, -0.05) is 26.0 Å². The molecule has 0 aliphatic rings. The predicted octanol–water partition coefficient (Wildman–Crippen LogP) is 2.36. The maximum atomic E-state index is 12.9. The Balaban J connectivity index is 2.54. The van der Waals surface area contributed by atoms with Crippen molar-refractivity contribution in [1.82, 2.24) is 5.32 Å². The van der Waals surface area contributed by atoms with Crippen LogP contribution in [0.4, 0.5) is 4.39 Å². The predicted molar refractivity (Wildman–Crippen MR) is 73.9 cm³/mol. The van der Waals surface area contributed by atoms with E-state index in [0.717, 1.165) is 6.42 Å². The molecule has 19 heavy (non-hydrogen) atoms. The van der Waals surface area contributed by atoms with Gasteiger partial charge in [0, 0.05) is 6.08 Å². The van der Waals surface area contributed by atoms with E-state index in [0.29, 0.717) is 11.5 Å². The van der Waals surface area contributed by atoms with E-state index in [-0.39, 0.29) is 24.4 Å². The van der Waals surface area contributed by atoms with Crippen molar-refractivity contribution in [2.75, 3.05) is 6.61 Å². The zero-order valence-electron chi connectivity index (χ0n) is 11.3. The Morgan fingerprint density at radius 1 is 1.47 bits per heavy atom. The Bertz CT molecular complexity index is 444. The van der Waals surface area contributed by atoms with Crippen molar-refractivity contribution >= 4 is 12.0 Å². The van der Waals surface area contributed by atoms with Crippen molar-refractivity contribution in [2.24, 2.45) is 5.92 Å². The Kier molecular flexibility index (Phi) is 6.22. The standard InChI is InChI=1S/C15H20FNO2/c1-11(2)8-14(10-18)17-15(19)7-6-12-4-3-5-13(16)9-12/h3-7,9,11,14,18H,8,10H2,1-2H3,(H,17,19)/b7-6+. The molecule has 0 fully saturated rings. The topological polar surface area (TPSA) is 49.3 Å². The maximum absolute atomic E-state index is 12.9. The Morgan fingerprint density at radius 3 is 2.79 bits per heavy atom. The molecule has 1 rings (SSSR count). The Morgan fingerprint density at radius 2 is 2.21 bits per heavy atom. The molecule has 2 N–H and O–H groups in total. The van der Waals surface area contributed by atoms with E-state index >= 15 is 0 Å². The molecular weight excluding hydrogens is 245 g/mol. The number of benzene rings is 1. The Hall–Kier alpha value is -1.68. The van der Waals surface area contributed by atoms with Crippen LogP contribution < -0.4 is 5.32 Å². The Labute approximate surface area is 113 Å². The summed E-state index contributed by atoms with van der Waals surface area (Å²) in [5, 5.41) is 11.9. The van der Waals surface area contributed by atoms with Gasteiger partial charge in [0.1, 0.15) is 5.82 Å². The zero-order valence-corrected chi connectivity index (χ0v) is 11.3. The number of halogens is 1. The van der Waals surface area contributed by atoms with Gasteiger partial charge in [-0.05, 0) is 36.1 Å². The van der Waals surface area contributed by atoms with Crippen LogP contribution in [0.3, 0.4) is 0 Å². The summed E-state index contributed by atoms with van der Waals surface area (Å²) in [6, 6.07) is 5.75. The SMILES string of the molecule is CC(C)CC(CO)NC(=O)/C=C/c1cccc(F)c1. The van der Waals surface area contributed by atoms with Crippen LogP contribution in [0.25, 0.3) is 6.08 Å². The third kappa shape index (κ3) is 6.15. The average molecular weight is 265 g/mol. The van der Waals surface area contributed by atoms with Crippen LogP contribution >= 0.6 is 0 Å². The van der Waals surface area contributed by atoms with E-state index in [1.165, 1.54) is 18.2 Å². The smallest absolute Gasteiger partial charge is 0.244 e. The number of nitrogens with one attached hydrogen (secondary N) is 1. The van der Waals surface area contributed by atoms with Crippen LogP contribution in [0.15, 0.2) is 30.3 Å².